The van der Waals surface area contributed by atoms with Crippen molar-refractivity contribution in [2.75, 3.05) is 0 Å². The van der Waals surface area contributed by atoms with Gasteiger partial charge in [0.15, 0.2) is 0 Å². The summed E-state index contributed by atoms with van der Waals surface area (Å²) in [6.07, 6.45) is 1.12. The molecule has 0 radical (unpaired) electrons. The molecule has 0 unspecified atom stereocenters. The van der Waals surface area contributed by atoms with Gasteiger partial charge in [-0.05, 0) is 0 Å². The van der Waals surface area contributed by atoms with Crippen LogP contribution in [0.4, 0.5) is 8.78 Å². The Kier molecular flexibility index (Phi) is 1.91. The van der Waals surface area contributed by atoms with Crippen LogP contribution in [0.3, 0.4) is 0 Å². The molecule has 0 aliphatic carbocycles. The fourth-order valence-electron chi connectivity index (χ4n) is 0.502. The van der Waals surface area contributed by atoms with Crippen LogP contribution in [0.2, 0.25) is 0 Å². The van der Waals surface area contributed by atoms with Gasteiger partial charge in [-0.15, -0.1) is 5.10 Å². The van der Waals surface area contributed by atoms with Gasteiger partial charge in [0.2, 0.25) is 0 Å². The second-order valence-electron chi connectivity index (χ2n) is 1.67. The summed E-state index contributed by atoms with van der Waals surface area (Å²) in [5, 5.41) is 6.49. The van der Waals surface area contributed by atoms with Gasteiger partial charge in [0.1, 0.15) is 0 Å². The maximum absolute atomic E-state index is 11.7. The van der Waals surface area contributed by atoms with Crippen LogP contribution in [0, 0.1) is 0 Å². The molecule has 0 aromatic carbocycles. The minimum absolute atomic E-state index is 0.132. The summed E-state index contributed by atoms with van der Waals surface area (Å²) >= 11 is 0. The summed E-state index contributed by atoms with van der Waals surface area (Å²) in [6, 6.07) is 0. The van der Waals surface area contributed by atoms with Gasteiger partial charge in [0.25, 0.3) is 0 Å². The van der Waals surface area contributed by atoms with Crippen LogP contribution in [-0.2, 0) is 6.54 Å². The summed E-state index contributed by atoms with van der Waals surface area (Å²) in [5.74, 6) is 0. The zero-order chi connectivity index (χ0) is 7.56. The normalized spacial score (nSPS) is 10.8. The molecule has 56 valence electrons. The quantitative estimate of drug-likeness (QED) is 0.648. The maximum Gasteiger partial charge on any atom is 0.334 e. The highest BCUT2D eigenvalue weighted by Crippen LogP contribution is 2.06. The van der Waals surface area contributed by atoms with Gasteiger partial charge in [-0.25, -0.2) is 0 Å². The van der Waals surface area contributed by atoms with Crippen molar-refractivity contribution in [3.8, 4) is 0 Å². The maximum atomic E-state index is 11.7. The van der Waals surface area contributed by atoms with E-state index in [0.29, 0.717) is 10.4 Å². The minimum atomic E-state index is -2.63. The van der Waals surface area contributed by atoms with E-state index in [1.807, 2.05) is 0 Å². The van der Waals surface area contributed by atoms with Crippen molar-refractivity contribution >= 4 is 0 Å². The van der Waals surface area contributed by atoms with E-state index in [-0.39, 0.29) is 6.54 Å². The highest BCUT2D eigenvalue weighted by atomic mass is 19.3. The smallest absolute Gasteiger partial charge is 0.325 e. The zero-order valence-electron chi connectivity index (χ0n) is 5.04. The van der Waals surface area contributed by atoms with Crippen LogP contribution in [0.5, 0.6) is 0 Å². The summed E-state index contributed by atoms with van der Waals surface area (Å²) in [7, 11) is 0. The van der Waals surface area contributed by atoms with Crippen molar-refractivity contribution < 1.29 is 8.78 Å². The zero-order valence-corrected chi connectivity index (χ0v) is 5.04. The minimum Gasteiger partial charge on any atom is -0.325 e. The summed E-state index contributed by atoms with van der Waals surface area (Å²) in [6.45, 7) is -2.50. The molecule has 1 heterocycles. The van der Waals surface area contributed by atoms with Crippen LogP contribution in [0.25, 0.3) is 0 Å². The molecule has 1 rings (SSSR count). The predicted molar refractivity (Wildman–Crippen MR) is 29.2 cm³/mol. The number of hydrogen-bond acceptors (Lipinski definition) is 3. The second-order valence-corrected chi connectivity index (χ2v) is 1.67. The number of rotatable bonds is 2. The van der Waals surface area contributed by atoms with E-state index >= 15 is 0 Å². The van der Waals surface area contributed by atoms with Crippen LogP contribution < -0.4 is 5.73 Å². The molecular formula is C4H6F2N4. The number of aromatic nitrogens is 3. The first-order valence-electron chi connectivity index (χ1n) is 2.63. The number of nitrogens with two attached hydrogens (primary N) is 1. The topological polar surface area (TPSA) is 56.7 Å². The molecule has 0 spiro atoms. The number of nitrogens with zero attached hydrogens (tertiary/aromatic N) is 3. The lowest BCUT2D eigenvalue weighted by molar-refractivity contribution is 0.0546. The Morgan fingerprint density at radius 2 is 2.40 bits per heavy atom. The highest BCUT2D eigenvalue weighted by Gasteiger charge is 2.06. The Balaban J connectivity index is 2.78. The molecule has 0 aliphatic rings. The van der Waals surface area contributed by atoms with Crippen LogP contribution in [-0.4, -0.2) is 15.0 Å². The SMILES string of the molecule is NCc1cn(C(F)F)nn1. The lowest BCUT2D eigenvalue weighted by Crippen LogP contribution is -1.98. The molecule has 0 atom stereocenters. The third-order valence-corrected chi connectivity index (χ3v) is 0.967. The molecule has 0 saturated heterocycles. The summed E-state index contributed by atoms with van der Waals surface area (Å²) < 4.78 is 23.9. The van der Waals surface area contributed by atoms with E-state index in [2.05, 4.69) is 10.3 Å². The van der Waals surface area contributed by atoms with Crippen LogP contribution >= 0.6 is 0 Å². The molecule has 6 heteroatoms. The largest absolute Gasteiger partial charge is 0.334 e. The molecule has 4 nitrogen and oxygen atoms in total. The summed E-state index contributed by atoms with van der Waals surface area (Å²) in [5.41, 5.74) is 5.46. The van der Waals surface area contributed by atoms with E-state index < -0.39 is 6.55 Å². The van der Waals surface area contributed by atoms with Gasteiger partial charge in [0.05, 0.1) is 11.9 Å². The van der Waals surface area contributed by atoms with Gasteiger partial charge in [-0.1, -0.05) is 5.21 Å². The average molecular weight is 148 g/mol. The lowest BCUT2D eigenvalue weighted by atomic mass is 10.5. The molecule has 0 bridgehead atoms. The Hall–Kier alpha value is -1.04. The molecule has 10 heavy (non-hydrogen) atoms. The van der Waals surface area contributed by atoms with Gasteiger partial charge in [0, 0.05) is 6.54 Å². The Labute approximate surface area is 55.6 Å². The average Bonchev–Trinajstić information content (AvgIpc) is 2.34. The molecule has 2 N–H and O–H groups in total. The number of halogens is 2. The first-order valence-corrected chi connectivity index (χ1v) is 2.63. The fourth-order valence-corrected chi connectivity index (χ4v) is 0.502. The van der Waals surface area contributed by atoms with Crippen molar-refractivity contribution in [2.24, 2.45) is 5.73 Å². The predicted octanol–water partition coefficient (Wildman–Crippen LogP) is 0.132. The first kappa shape index (κ1) is 7.07. The van der Waals surface area contributed by atoms with Gasteiger partial charge in [-0.3, -0.25) is 0 Å². The molecule has 0 saturated carbocycles. The Bertz CT molecular complexity index is 209. The van der Waals surface area contributed by atoms with Crippen molar-refractivity contribution in [3.63, 3.8) is 0 Å². The molecule has 0 amide bonds. The van der Waals surface area contributed by atoms with E-state index in [9.17, 15) is 8.78 Å². The Morgan fingerprint density at radius 3 is 2.70 bits per heavy atom. The lowest BCUT2D eigenvalue weighted by Gasteiger charge is -1.92. The van der Waals surface area contributed by atoms with Gasteiger partial charge < -0.3 is 5.73 Å². The number of alkyl halides is 2. The first-order chi connectivity index (χ1) is 4.74. The third-order valence-electron chi connectivity index (χ3n) is 0.967. The highest BCUT2D eigenvalue weighted by molar-refractivity contribution is 4.90. The molecular weight excluding hydrogens is 142 g/mol. The monoisotopic (exact) mass is 148 g/mol. The molecule has 0 aliphatic heterocycles. The number of hydrogen-bond donors (Lipinski definition) is 1. The van der Waals surface area contributed by atoms with Crippen molar-refractivity contribution in [1.29, 1.82) is 0 Å². The van der Waals surface area contributed by atoms with Gasteiger partial charge >= 0.3 is 6.55 Å². The van der Waals surface area contributed by atoms with E-state index in [4.69, 9.17) is 5.73 Å². The molecule has 0 fully saturated rings. The summed E-state index contributed by atoms with van der Waals surface area (Å²) in [4.78, 5) is 0. The molecule has 1 aromatic rings. The fraction of sp³-hybridized carbons (Fsp3) is 0.500. The van der Waals surface area contributed by atoms with E-state index in [1.165, 1.54) is 0 Å². The standard InChI is InChI=1S/C4H6F2N4/c5-4(6)10-2-3(1-7)8-9-10/h2,4H,1,7H2. The van der Waals surface area contributed by atoms with E-state index in [0.717, 1.165) is 6.20 Å². The third kappa shape index (κ3) is 1.27. The van der Waals surface area contributed by atoms with Crippen molar-refractivity contribution in [3.05, 3.63) is 11.9 Å². The van der Waals surface area contributed by atoms with Crippen LogP contribution in [0.15, 0.2) is 6.20 Å². The second kappa shape index (κ2) is 2.70. The van der Waals surface area contributed by atoms with Crippen molar-refractivity contribution in [1.82, 2.24) is 15.0 Å². The van der Waals surface area contributed by atoms with Gasteiger partial charge in [-0.2, -0.15) is 13.5 Å². The Morgan fingerprint density at radius 1 is 1.70 bits per heavy atom. The van der Waals surface area contributed by atoms with Crippen molar-refractivity contribution in [2.45, 2.75) is 13.1 Å². The molecule has 1 aromatic heterocycles. The van der Waals surface area contributed by atoms with Crippen LogP contribution in [0.1, 0.15) is 12.2 Å². The van der Waals surface area contributed by atoms with E-state index in [1.54, 1.807) is 0 Å².